The Labute approximate surface area is 327 Å². The van der Waals surface area contributed by atoms with Crippen molar-refractivity contribution in [1.82, 2.24) is 19.9 Å². The molecule has 54 heavy (non-hydrogen) atoms. The monoisotopic (exact) mass is 802 g/mol. The van der Waals surface area contributed by atoms with E-state index in [0.717, 1.165) is 55.6 Å². The maximum atomic E-state index is 13.3. The van der Waals surface area contributed by atoms with Crippen molar-refractivity contribution in [2.45, 2.75) is 84.8 Å². The lowest BCUT2D eigenvalue weighted by atomic mass is 9.94. The Hall–Kier alpha value is -3.36. The molecule has 16 heteroatoms. The van der Waals surface area contributed by atoms with Crippen LogP contribution in [0.3, 0.4) is 0 Å². The molecule has 294 valence electrons. The van der Waals surface area contributed by atoms with Gasteiger partial charge in [0, 0.05) is 39.8 Å². The number of likely N-dealkylation sites (tertiary alicyclic amines) is 1. The van der Waals surface area contributed by atoms with Gasteiger partial charge < -0.3 is 25.0 Å². The normalized spacial score (nSPS) is 14.7. The predicted octanol–water partition coefficient (Wildman–Crippen LogP) is 9.30. The molecule has 1 aliphatic heterocycles. The minimum atomic E-state index is -3.70. The molecule has 0 unspecified atom stereocenters. The van der Waals surface area contributed by atoms with Crippen LogP contribution in [-0.2, 0) is 29.4 Å². The third-order valence-electron chi connectivity index (χ3n) is 8.27. The Morgan fingerprint density at radius 2 is 1.74 bits per heavy atom. The average molecular weight is 803 g/mol. The van der Waals surface area contributed by atoms with Crippen molar-refractivity contribution in [3.63, 3.8) is 0 Å². The van der Waals surface area contributed by atoms with E-state index in [2.05, 4.69) is 30.5 Å². The van der Waals surface area contributed by atoms with E-state index in [1.54, 1.807) is 37.6 Å². The summed E-state index contributed by atoms with van der Waals surface area (Å²) in [5, 5.41) is 8.02. The van der Waals surface area contributed by atoms with E-state index >= 15 is 0 Å². The van der Waals surface area contributed by atoms with Crippen LogP contribution in [0, 0.1) is 5.92 Å². The lowest BCUT2D eigenvalue weighted by Gasteiger charge is -2.33. The second-order valence-corrected chi connectivity index (χ2v) is 18.3. The van der Waals surface area contributed by atoms with Gasteiger partial charge in [0.1, 0.15) is 12.1 Å². The summed E-state index contributed by atoms with van der Waals surface area (Å²) < 4.78 is 42.5. The summed E-state index contributed by atoms with van der Waals surface area (Å²) in [7, 11) is -2.09. The molecular weight excluding hydrogens is 751 g/mol. The molecule has 0 bridgehead atoms. The van der Waals surface area contributed by atoms with Gasteiger partial charge in [0.2, 0.25) is 5.91 Å². The third kappa shape index (κ3) is 13.1. The Morgan fingerprint density at radius 3 is 2.43 bits per heavy atom. The first-order valence-electron chi connectivity index (χ1n) is 18.2. The third-order valence-corrected chi connectivity index (χ3v) is 11.5. The number of ether oxygens (including phenoxy) is 2. The van der Waals surface area contributed by atoms with Gasteiger partial charge in [0.15, 0.2) is 16.6 Å². The number of phosphoric acid groups is 1. The zero-order chi connectivity index (χ0) is 38.9. The molecule has 4 aromatic rings. The number of phosphoric ester groups is 1. The molecular formula is C38H52ClN6O7PS. The number of anilines is 3. The van der Waals surface area contributed by atoms with E-state index in [1.165, 1.54) is 17.7 Å². The van der Waals surface area contributed by atoms with Gasteiger partial charge in [0.05, 0.1) is 43.5 Å². The fourth-order valence-electron chi connectivity index (χ4n) is 5.96. The Bertz CT molecular complexity index is 1890. The van der Waals surface area contributed by atoms with Crippen LogP contribution in [-0.4, -0.2) is 76.9 Å². The molecule has 1 saturated heterocycles. The average Bonchev–Trinajstić information content (AvgIpc) is 3.51. The number of benzene rings is 2. The maximum absolute atomic E-state index is 13.3. The van der Waals surface area contributed by atoms with E-state index in [9.17, 15) is 9.36 Å². The van der Waals surface area contributed by atoms with Gasteiger partial charge in [-0.1, -0.05) is 17.7 Å². The first kappa shape index (κ1) is 41.8. The summed E-state index contributed by atoms with van der Waals surface area (Å²) in [5.41, 5.74) is 0.0303. The molecule has 5 rings (SSSR count). The number of carbonyl (C=O) groups excluding carboxylic acids is 1. The topological polar surface area (TPSA) is 146 Å². The van der Waals surface area contributed by atoms with Gasteiger partial charge in [0.25, 0.3) is 0 Å². The molecule has 0 radical (unpaired) electrons. The minimum Gasteiger partial charge on any atom is -0.493 e. The highest BCUT2D eigenvalue weighted by Crippen LogP contribution is 2.55. The first-order valence-corrected chi connectivity index (χ1v) is 20.8. The summed E-state index contributed by atoms with van der Waals surface area (Å²) in [6, 6.07) is 10.7. The van der Waals surface area contributed by atoms with E-state index < -0.39 is 19.0 Å². The van der Waals surface area contributed by atoms with Crippen LogP contribution in [0.1, 0.15) is 72.1 Å². The highest BCUT2D eigenvalue weighted by atomic mass is 35.5. The molecule has 0 aliphatic carbocycles. The van der Waals surface area contributed by atoms with E-state index in [-0.39, 0.29) is 12.3 Å². The number of fused-ring (bicyclic) bond motifs is 1. The van der Waals surface area contributed by atoms with Gasteiger partial charge in [-0.2, -0.15) is 0 Å². The van der Waals surface area contributed by atoms with Crippen LogP contribution < -0.4 is 20.1 Å². The summed E-state index contributed by atoms with van der Waals surface area (Å²) in [6.07, 6.45) is 7.09. The molecule has 13 nitrogen and oxygen atoms in total. The van der Waals surface area contributed by atoms with Gasteiger partial charge in [-0.15, -0.1) is 11.3 Å². The number of hydrogen-bond donors (Lipinski definition) is 2. The van der Waals surface area contributed by atoms with E-state index in [4.69, 9.17) is 34.6 Å². The Kier molecular flexibility index (Phi) is 14.3. The lowest BCUT2D eigenvalue weighted by Crippen LogP contribution is -2.35. The molecule has 3 heterocycles. The largest absolute Gasteiger partial charge is 0.493 e. The second-order valence-electron chi connectivity index (χ2n) is 15.2. The van der Waals surface area contributed by atoms with Crippen molar-refractivity contribution >= 4 is 64.2 Å². The standard InChI is InChI=1S/C38H52ClN6O7PS/c1-37(2,3)51-53(47,52-38(4,5)6)50-19-14-26-12-16-45(17-13-26)15-9-18-49-33-23-31-30(22-32(33)48-7)35(42-25-41-31)44-36-40-24-29(54-36)21-34(46)43-28-11-8-10-27(39)20-28/h8,10-11,20,22-26H,9,12-19,21H2,1-7H3,(H,43,46)(H,40,41,42,44). The van der Waals surface area contributed by atoms with Crippen molar-refractivity contribution < 1.29 is 32.4 Å². The minimum absolute atomic E-state index is 0.163. The van der Waals surface area contributed by atoms with Crippen molar-refractivity contribution in [1.29, 1.82) is 0 Å². The molecule has 1 fully saturated rings. The van der Waals surface area contributed by atoms with Crippen molar-refractivity contribution in [2.24, 2.45) is 5.92 Å². The highest BCUT2D eigenvalue weighted by Gasteiger charge is 2.37. The number of piperidine rings is 1. The van der Waals surface area contributed by atoms with Gasteiger partial charge in [-0.25, -0.2) is 19.5 Å². The number of nitrogens with one attached hydrogen (secondary N) is 2. The van der Waals surface area contributed by atoms with Gasteiger partial charge in [-0.05, 0) is 110 Å². The summed E-state index contributed by atoms with van der Waals surface area (Å²) in [4.78, 5) is 29.2. The van der Waals surface area contributed by atoms with Crippen molar-refractivity contribution in [2.75, 3.05) is 50.6 Å². The number of halogens is 1. The number of carbonyl (C=O) groups is 1. The molecule has 0 atom stereocenters. The number of amides is 1. The summed E-state index contributed by atoms with van der Waals surface area (Å²) >= 11 is 7.40. The van der Waals surface area contributed by atoms with Crippen molar-refractivity contribution in [3.05, 3.63) is 58.8 Å². The van der Waals surface area contributed by atoms with Crippen LogP contribution in [0.5, 0.6) is 11.5 Å². The summed E-state index contributed by atoms with van der Waals surface area (Å²) in [5.74, 6) is 2.08. The fraction of sp³-hybridized carbons (Fsp3) is 0.526. The van der Waals surface area contributed by atoms with E-state index in [1.807, 2.05) is 53.7 Å². The zero-order valence-electron chi connectivity index (χ0n) is 32.1. The summed E-state index contributed by atoms with van der Waals surface area (Å²) in [6.45, 7) is 14.8. The Morgan fingerprint density at radius 1 is 1.00 bits per heavy atom. The quantitative estimate of drug-likeness (QED) is 0.0775. The fourth-order valence-corrected chi connectivity index (χ4v) is 8.77. The van der Waals surface area contributed by atoms with Crippen LogP contribution in [0.4, 0.5) is 16.6 Å². The molecule has 0 spiro atoms. The number of nitrogens with zero attached hydrogens (tertiary/aromatic N) is 4. The van der Waals surface area contributed by atoms with Crippen molar-refractivity contribution in [3.8, 4) is 11.5 Å². The molecule has 2 aromatic carbocycles. The molecule has 0 saturated carbocycles. The van der Waals surface area contributed by atoms with Crippen LogP contribution in [0.15, 0.2) is 48.9 Å². The molecule has 2 aromatic heterocycles. The van der Waals surface area contributed by atoms with E-state index in [0.29, 0.717) is 57.8 Å². The molecule has 2 N–H and O–H groups in total. The van der Waals surface area contributed by atoms with Gasteiger partial charge in [-0.3, -0.25) is 18.4 Å². The smallest absolute Gasteiger partial charge is 0.475 e. The Balaban J connectivity index is 1.07. The first-order chi connectivity index (χ1) is 25.6. The predicted molar refractivity (Wildman–Crippen MR) is 214 cm³/mol. The molecule has 1 amide bonds. The highest BCUT2D eigenvalue weighted by molar-refractivity contribution is 7.48. The number of thiazole rings is 1. The van der Waals surface area contributed by atoms with Crippen LogP contribution >= 0.6 is 30.8 Å². The molecule has 1 aliphatic rings. The second kappa shape index (κ2) is 18.5. The SMILES string of the molecule is COc1cc2c(Nc3ncc(CC(=O)Nc4cccc(Cl)c4)s3)ncnc2cc1OCCCN1CCC(CCOP(=O)(OC(C)(C)C)OC(C)(C)C)CC1. The van der Waals surface area contributed by atoms with Crippen LogP contribution in [0.25, 0.3) is 10.9 Å². The maximum Gasteiger partial charge on any atom is 0.475 e. The number of hydrogen-bond acceptors (Lipinski definition) is 13. The number of methoxy groups -OCH3 is 1. The lowest BCUT2D eigenvalue weighted by molar-refractivity contribution is -0.115. The van der Waals surface area contributed by atoms with Gasteiger partial charge >= 0.3 is 7.82 Å². The number of aromatic nitrogens is 3. The zero-order valence-corrected chi connectivity index (χ0v) is 34.6. The van der Waals surface area contributed by atoms with Crippen LogP contribution in [0.2, 0.25) is 5.02 Å². The number of rotatable bonds is 17.